The molecule has 2 amide bonds. The number of aromatic nitrogens is 2. The molecule has 0 unspecified atom stereocenters. The highest BCUT2D eigenvalue weighted by Gasteiger charge is 2.32. The van der Waals surface area contributed by atoms with E-state index in [1.165, 1.54) is 23.0 Å². The quantitative estimate of drug-likeness (QED) is 0.294. The number of carbonyl (C=O) groups is 2. The van der Waals surface area contributed by atoms with Gasteiger partial charge in [-0.05, 0) is 75.3 Å². The smallest absolute Gasteiger partial charge is 0.420 e. The lowest BCUT2D eigenvalue weighted by Crippen LogP contribution is -2.31. The molecule has 5 rings (SSSR count). The van der Waals surface area contributed by atoms with E-state index in [2.05, 4.69) is 24.0 Å². The number of hydrogen-bond acceptors (Lipinski definition) is 5. The van der Waals surface area contributed by atoms with Crippen molar-refractivity contribution in [2.75, 3.05) is 24.6 Å². The highest BCUT2D eigenvalue weighted by atomic mass is 16.6. The number of amides is 2. The van der Waals surface area contributed by atoms with Gasteiger partial charge in [-0.15, -0.1) is 0 Å². The van der Waals surface area contributed by atoms with Crippen molar-refractivity contribution in [3.63, 3.8) is 0 Å². The van der Waals surface area contributed by atoms with Crippen molar-refractivity contribution in [3.8, 4) is 5.75 Å². The van der Waals surface area contributed by atoms with Gasteiger partial charge in [0, 0.05) is 49.2 Å². The van der Waals surface area contributed by atoms with E-state index in [9.17, 15) is 9.59 Å². The molecule has 0 radical (unpaired) electrons. The summed E-state index contributed by atoms with van der Waals surface area (Å²) < 4.78 is 13.1. The van der Waals surface area contributed by atoms with Gasteiger partial charge >= 0.3 is 12.1 Å². The van der Waals surface area contributed by atoms with Gasteiger partial charge in [-0.3, -0.25) is 4.90 Å². The van der Waals surface area contributed by atoms with Crippen LogP contribution in [0.25, 0.3) is 11.0 Å². The fraction of sp³-hybridized carbons (Fsp3) is 0.500. The van der Waals surface area contributed by atoms with Crippen LogP contribution in [0.5, 0.6) is 5.75 Å². The summed E-state index contributed by atoms with van der Waals surface area (Å²) in [6.07, 6.45) is 8.65. The predicted molar refractivity (Wildman–Crippen MR) is 148 cm³/mol. The molecule has 38 heavy (non-hydrogen) atoms. The van der Waals surface area contributed by atoms with Crippen LogP contribution in [0.3, 0.4) is 0 Å². The second-order valence-electron chi connectivity index (χ2n) is 11.3. The first-order chi connectivity index (χ1) is 18.2. The molecule has 8 nitrogen and oxygen atoms in total. The van der Waals surface area contributed by atoms with Crippen LogP contribution in [-0.2, 0) is 11.3 Å². The SMILES string of the molecule is CCCCCOc1cc(N2CCN(Cc3ccnc4c3ccn4C(=O)OC(C)(C)C)C2=O)ccc1C1CC1. The molecule has 1 aliphatic heterocycles. The molecule has 0 bridgehead atoms. The Labute approximate surface area is 224 Å². The third-order valence-electron chi connectivity index (χ3n) is 7.06. The molecule has 1 saturated carbocycles. The van der Waals surface area contributed by atoms with Crippen molar-refractivity contribution in [2.24, 2.45) is 0 Å². The van der Waals surface area contributed by atoms with Gasteiger partial charge in [0.2, 0.25) is 0 Å². The van der Waals surface area contributed by atoms with E-state index in [1.807, 2.05) is 48.8 Å². The molecular weight excluding hydrogens is 480 g/mol. The minimum atomic E-state index is -0.603. The fourth-order valence-electron chi connectivity index (χ4n) is 4.95. The molecule has 1 saturated heterocycles. The van der Waals surface area contributed by atoms with Gasteiger partial charge in [-0.25, -0.2) is 19.1 Å². The largest absolute Gasteiger partial charge is 0.493 e. The first kappa shape index (κ1) is 26.1. The van der Waals surface area contributed by atoms with Crippen LogP contribution in [-0.4, -0.2) is 51.9 Å². The van der Waals surface area contributed by atoms with Gasteiger partial charge in [-0.1, -0.05) is 25.8 Å². The minimum Gasteiger partial charge on any atom is -0.493 e. The van der Waals surface area contributed by atoms with Crippen molar-refractivity contribution < 1.29 is 19.1 Å². The standard InChI is InChI=1S/C30H38N4O4/c1-5-6-7-18-37-26-19-23(10-11-24(26)21-8-9-21)33-17-16-32(28(33)35)20-22-12-14-31-27-25(22)13-15-34(27)29(36)38-30(2,3)4/h10-15,19,21H,5-9,16-18,20H2,1-4H3. The molecule has 3 heterocycles. The number of benzene rings is 1. The Bertz CT molecular complexity index is 1320. The van der Waals surface area contributed by atoms with E-state index in [0.717, 1.165) is 41.6 Å². The van der Waals surface area contributed by atoms with E-state index in [4.69, 9.17) is 9.47 Å². The first-order valence-corrected chi connectivity index (χ1v) is 13.8. The van der Waals surface area contributed by atoms with Crippen molar-refractivity contribution in [1.82, 2.24) is 14.5 Å². The summed E-state index contributed by atoms with van der Waals surface area (Å²) in [4.78, 5) is 34.2. The zero-order valence-electron chi connectivity index (χ0n) is 22.9. The van der Waals surface area contributed by atoms with Crippen LogP contribution in [0.1, 0.15) is 76.8 Å². The van der Waals surface area contributed by atoms with E-state index < -0.39 is 11.7 Å². The van der Waals surface area contributed by atoms with Gasteiger partial charge in [0.1, 0.15) is 17.0 Å². The minimum absolute atomic E-state index is 0.0300. The Balaban J connectivity index is 1.31. The second-order valence-corrected chi connectivity index (χ2v) is 11.3. The number of anilines is 1. The summed E-state index contributed by atoms with van der Waals surface area (Å²) >= 11 is 0. The van der Waals surface area contributed by atoms with E-state index in [1.54, 1.807) is 12.4 Å². The monoisotopic (exact) mass is 518 g/mol. The number of carbonyl (C=O) groups excluding carboxylic acids is 2. The molecule has 0 spiro atoms. The highest BCUT2D eigenvalue weighted by Crippen LogP contribution is 2.45. The average molecular weight is 519 g/mol. The number of nitrogens with zero attached hydrogens (tertiary/aromatic N) is 4. The van der Waals surface area contributed by atoms with Gasteiger partial charge in [0.25, 0.3) is 0 Å². The van der Waals surface area contributed by atoms with Crippen LogP contribution < -0.4 is 9.64 Å². The van der Waals surface area contributed by atoms with E-state index >= 15 is 0 Å². The Morgan fingerprint density at radius 3 is 2.66 bits per heavy atom. The summed E-state index contributed by atoms with van der Waals surface area (Å²) in [5.74, 6) is 1.50. The maximum absolute atomic E-state index is 13.5. The molecule has 1 aliphatic carbocycles. The normalized spacial score (nSPS) is 15.9. The zero-order valence-corrected chi connectivity index (χ0v) is 22.9. The molecular formula is C30H38N4O4. The van der Waals surface area contributed by atoms with Crippen LogP contribution >= 0.6 is 0 Å². The topological polar surface area (TPSA) is 76.9 Å². The van der Waals surface area contributed by atoms with Gasteiger partial charge in [0.05, 0.1) is 6.61 Å². The molecule has 2 aromatic heterocycles. The summed E-state index contributed by atoms with van der Waals surface area (Å²) in [5.41, 5.74) is 3.01. The number of fused-ring (bicyclic) bond motifs is 1. The molecule has 202 valence electrons. The Hall–Kier alpha value is -3.55. The van der Waals surface area contributed by atoms with Crippen molar-refractivity contribution in [2.45, 2.75) is 77.9 Å². The molecule has 8 heteroatoms. The second kappa shape index (κ2) is 10.7. The van der Waals surface area contributed by atoms with Crippen LogP contribution in [0.4, 0.5) is 15.3 Å². The molecule has 2 aliphatic rings. The number of hydrogen-bond donors (Lipinski definition) is 0. The molecule has 0 atom stereocenters. The average Bonchev–Trinajstić information content (AvgIpc) is 3.52. The van der Waals surface area contributed by atoms with Gasteiger partial charge in [-0.2, -0.15) is 0 Å². The Morgan fingerprint density at radius 2 is 1.92 bits per heavy atom. The lowest BCUT2D eigenvalue weighted by Gasteiger charge is -2.21. The van der Waals surface area contributed by atoms with E-state index in [0.29, 0.717) is 37.8 Å². The lowest BCUT2D eigenvalue weighted by molar-refractivity contribution is 0.0543. The maximum atomic E-state index is 13.5. The number of urea groups is 1. The summed E-state index contributed by atoms with van der Waals surface area (Å²) in [7, 11) is 0. The van der Waals surface area contributed by atoms with Crippen molar-refractivity contribution in [1.29, 1.82) is 0 Å². The van der Waals surface area contributed by atoms with Crippen molar-refractivity contribution in [3.05, 3.63) is 53.9 Å². The van der Waals surface area contributed by atoms with E-state index in [-0.39, 0.29) is 6.03 Å². The third kappa shape index (κ3) is 5.64. The zero-order chi connectivity index (χ0) is 26.9. The van der Waals surface area contributed by atoms with Gasteiger partial charge < -0.3 is 14.4 Å². The number of ether oxygens (including phenoxy) is 2. The first-order valence-electron chi connectivity index (χ1n) is 13.8. The van der Waals surface area contributed by atoms with Crippen LogP contribution in [0, 0.1) is 0 Å². The summed E-state index contributed by atoms with van der Waals surface area (Å²) in [6.45, 7) is 10.1. The Morgan fingerprint density at radius 1 is 1.11 bits per heavy atom. The number of unbranched alkanes of at least 4 members (excludes halogenated alkanes) is 2. The van der Waals surface area contributed by atoms with Crippen LogP contribution in [0.2, 0.25) is 0 Å². The fourth-order valence-corrected chi connectivity index (χ4v) is 4.95. The molecule has 3 aromatic rings. The predicted octanol–water partition coefficient (Wildman–Crippen LogP) is 6.71. The van der Waals surface area contributed by atoms with Gasteiger partial charge in [0.15, 0.2) is 0 Å². The van der Waals surface area contributed by atoms with Crippen LogP contribution in [0.15, 0.2) is 42.7 Å². The van der Waals surface area contributed by atoms with Crippen molar-refractivity contribution >= 4 is 28.8 Å². The number of rotatable bonds is 9. The summed E-state index contributed by atoms with van der Waals surface area (Å²) in [6, 6.07) is 9.98. The number of pyridine rings is 1. The Kier molecular flexibility index (Phi) is 7.32. The molecule has 0 N–H and O–H groups in total. The summed E-state index contributed by atoms with van der Waals surface area (Å²) in [5, 5.41) is 0.834. The maximum Gasteiger partial charge on any atom is 0.420 e. The molecule has 1 aromatic carbocycles. The highest BCUT2D eigenvalue weighted by molar-refractivity contribution is 5.95. The lowest BCUT2D eigenvalue weighted by atomic mass is 10.1. The third-order valence-corrected chi connectivity index (χ3v) is 7.06. The molecule has 2 fully saturated rings.